The molecule has 3 rings (SSSR count). The molecule has 1 aliphatic rings. The summed E-state index contributed by atoms with van der Waals surface area (Å²) in [6, 6.07) is 8.79. The van der Waals surface area contributed by atoms with E-state index in [9.17, 15) is 0 Å². The Labute approximate surface area is 197 Å². The van der Waals surface area contributed by atoms with Gasteiger partial charge in [-0.15, -0.1) is 40.8 Å². The quantitative estimate of drug-likeness (QED) is 0.250. The summed E-state index contributed by atoms with van der Waals surface area (Å²) >= 11 is 0. The lowest BCUT2D eigenvalue weighted by atomic mass is 10.1. The van der Waals surface area contributed by atoms with Crippen molar-refractivity contribution in [1.29, 1.82) is 0 Å². The zero-order valence-electron chi connectivity index (χ0n) is 18.1. The fraction of sp³-hybridized carbons (Fsp3) is 0.500. The van der Waals surface area contributed by atoms with Gasteiger partial charge < -0.3 is 14.8 Å². The topological polar surface area (TPSA) is 61.6 Å². The summed E-state index contributed by atoms with van der Waals surface area (Å²) in [5, 5.41) is 11.6. The first-order valence-electron chi connectivity index (χ1n) is 10.5. The van der Waals surface area contributed by atoms with Crippen molar-refractivity contribution in [3.63, 3.8) is 0 Å². The van der Waals surface area contributed by atoms with Crippen LogP contribution in [0.1, 0.15) is 23.9 Å². The van der Waals surface area contributed by atoms with Crippen molar-refractivity contribution in [2.24, 2.45) is 4.99 Å². The van der Waals surface area contributed by atoms with Crippen molar-refractivity contribution in [2.45, 2.75) is 33.4 Å². The Balaban J connectivity index is 0.00000320. The summed E-state index contributed by atoms with van der Waals surface area (Å²) in [4.78, 5) is 9.71. The first kappa shape index (κ1) is 24.3. The number of hydrogen-bond acceptors (Lipinski definition) is 4. The molecular weight excluding hydrogens is 489 g/mol. The Morgan fingerprint density at radius 2 is 2.07 bits per heavy atom. The molecule has 0 aliphatic carbocycles. The van der Waals surface area contributed by atoms with Crippen LogP contribution in [0.3, 0.4) is 0 Å². The number of aliphatic imine (C=N–C) groups is 1. The van der Waals surface area contributed by atoms with Crippen LogP contribution < -0.4 is 5.32 Å². The van der Waals surface area contributed by atoms with Crippen LogP contribution in [-0.2, 0) is 19.5 Å². The van der Waals surface area contributed by atoms with Gasteiger partial charge in [-0.2, -0.15) is 0 Å². The van der Waals surface area contributed by atoms with E-state index >= 15 is 0 Å². The molecule has 0 bridgehead atoms. The molecule has 8 heteroatoms. The van der Waals surface area contributed by atoms with Crippen molar-refractivity contribution in [1.82, 2.24) is 29.9 Å². The van der Waals surface area contributed by atoms with E-state index in [4.69, 9.17) is 4.99 Å². The molecule has 0 radical (unpaired) electrons. The minimum atomic E-state index is 0. The van der Waals surface area contributed by atoms with E-state index in [-0.39, 0.29) is 24.0 Å². The molecule has 0 amide bonds. The van der Waals surface area contributed by atoms with Crippen LogP contribution in [0.2, 0.25) is 0 Å². The molecule has 0 spiro atoms. The Bertz CT molecular complexity index is 809. The largest absolute Gasteiger partial charge is 0.353 e. The molecule has 1 fully saturated rings. The number of guanidine groups is 1. The minimum Gasteiger partial charge on any atom is -0.353 e. The van der Waals surface area contributed by atoms with Gasteiger partial charge in [-0.1, -0.05) is 42.8 Å². The summed E-state index contributed by atoms with van der Waals surface area (Å²) in [6.07, 6.45) is 4.54. The molecule has 1 aromatic carbocycles. The van der Waals surface area contributed by atoms with Gasteiger partial charge in [0, 0.05) is 52.2 Å². The number of nitrogens with zero attached hydrogens (tertiary/aromatic N) is 6. The van der Waals surface area contributed by atoms with E-state index < -0.39 is 0 Å². The number of piperazine rings is 1. The Morgan fingerprint density at radius 3 is 2.77 bits per heavy atom. The first-order valence-corrected chi connectivity index (χ1v) is 10.5. The summed E-state index contributed by atoms with van der Waals surface area (Å²) < 4.78 is 2.08. The molecular formula is C22H34IN7. The monoisotopic (exact) mass is 523 g/mol. The molecule has 1 aliphatic heterocycles. The fourth-order valence-corrected chi connectivity index (χ4v) is 3.62. The lowest BCUT2D eigenvalue weighted by Gasteiger charge is -2.36. The van der Waals surface area contributed by atoms with Gasteiger partial charge in [-0.3, -0.25) is 9.89 Å². The molecule has 0 unspecified atom stereocenters. The number of aryl methyl sites for hydroxylation is 2. The molecule has 2 aromatic rings. The van der Waals surface area contributed by atoms with Gasteiger partial charge in [-0.05, 0) is 12.5 Å². The highest BCUT2D eigenvalue weighted by molar-refractivity contribution is 14.0. The normalized spacial score (nSPS) is 15.0. The third-order valence-corrected chi connectivity index (χ3v) is 5.18. The average molecular weight is 523 g/mol. The van der Waals surface area contributed by atoms with Gasteiger partial charge in [0.15, 0.2) is 5.96 Å². The Kier molecular flexibility index (Phi) is 10.3. The molecule has 0 atom stereocenters. The van der Waals surface area contributed by atoms with Crippen LogP contribution >= 0.6 is 24.0 Å². The molecule has 1 saturated heterocycles. The van der Waals surface area contributed by atoms with E-state index in [1.807, 2.05) is 6.08 Å². The maximum atomic E-state index is 4.84. The summed E-state index contributed by atoms with van der Waals surface area (Å²) in [7, 11) is 0. The van der Waals surface area contributed by atoms with E-state index in [1.54, 1.807) is 6.33 Å². The lowest BCUT2D eigenvalue weighted by molar-refractivity contribution is 0.172. The van der Waals surface area contributed by atoms with Gasteiger partial charge >= 0.3 is 0 Å². The number of aromatic nitrogens is 3. The SMILES string of the molecule is C=CCNC(=NCCn1cnnc1CC)N1CCN(Cc2cccc(C)c2)CC1.I. The fourth-order valence-electron chi connectivity index (χ4n) is 3.62. The Hall–Kier alpha value is -1.94. The van der Waals surface area contributed by atoms with E-state index in [1.165, 1.54) is 11.1 Å². The third kappa shape index (κ3) is 7.09. The number of nitrogens with one attached hydrogen (secondary N) is 1. The lowest BCUT2D eigenvalue weighted by Crippen LogP contribution is -2.52. The van der Waals surface area contributed by atoms with Crippen molar-refractivity contribution >= 4 is 29.9 Å². The molecule has 7 nitrogen and oxygen atoms in total. The van der Waals surface area contributed by atoms with Crippen LogP contribution in [0.5, 0.6) is 0 Å². The molecule has 1 aromatic heterocycles. The van der Waals surface area contributed by atoms with Crippen molar-refractivity contribution in [3.8, 4) is 0 Å². The zero-order chi connectivity index (χ0) is 20.5. The van der Waals surface area contributed by atoms with Gasteiger partial charge in [0.1, 0.15) is 12.2 Å². The van der Waals surface area contributed by atoms with Gasteiger partial charge in [0.05, 0.1) is 6.54 Å². The van der Waals surface area contributed by atoms with Crippen molar-refractivity contribution in [2.75, 3.05) is 39.3 Å². The minimum absolute atomic E-state index is 0. The molecule has 164 valence electrons. The number of halogens is 1. The second-order valence-electron chi connectivity index (χ2n) is 7.42. The first-order chi connectivity index (χ1) is 14.2. The van der Waals surface area contributed by atoms with Crippen LogP contribution in [0.15, 0.2) is 48.2 Å². The zero-order valence-corrected chi connectivity index (χ0v) is 20.5. The summed E-state index contributed by atoms with van der Waals surface area (Å²) in [5.41, 5.74) is 2.71. The predicted octanol–water partition coefficient (Wildman–Crippen LogP) is 2.72. The van der Waals surface area contributed by atoms with Crippen molar-refractivity contribution < 1.29 is 0 Å². The van der Waals surface area contributed by atoms with Crippen LogP contribution in [0, 0.1) is 6.92 Å². The highest BCUT2D eigenvalue weighted by Gasteiger charge is 2.19. The molecule has 0 saturated carbocycles. The van der Waals surface area contributed by atoms with Crippen LogP contribution in [-0.4, -0.2) is 69.8 Å². The number of hydrogen-bond donors (Lipinski definition) is 1. The Morgan fingerprint density at radius 1 is 1.27 bits per heavy atom. The summed E-state index contributed by atoms with van der Waals surface area (Å²) in [5.74, 6) is 1.97. The maximum absolute atomic E-state index is 4.84. The van der Waals surface area contributed by atoms with Gasteiger partial charge in [-0.25, -0.2) is 0 Å². The van der Waals surface area contributed by atoms with E-state index in [0.29, 0.717) is 6.54 Å². The van der Waals surface area contributed by atoms with Gasteiger partial charge in [0.2, 0.25) is 0 Å². The predicted molar refractivity (Wildman–Crippen MR) is 133 cm³/mol. The smallest absolute Gasteiger partial charge is 0.194 e. The average Bonchev–Trinajstić information content (AvgIpc) is 3.19. The van der Waals surface area contributed by atoms with E-state index in [2.05, 4.69) is 74.6 Å². The summed E-state index contributed by atoms with van der Waals surface area (Å²) in [6.45, 7) is 15.3. The van der Waals surface area contributed by atoms with Crippen molar-refractivity contribution in [3.05, 3.63) is 60.2 Å². The van der Waals surface area contributed by atoms with Gasteiger partial charge in [0.25, 0.3) is 0 Å². The van der Waals surface area contributed by atoms with Crippen LogP contribution in [0.4, 0.5) is 0 Å². The molecule has 2 heterocycles. The molecule has 1 N–H and O–H groups in total. The number of rotatable bonds is 8. The van der Waals surface area contributed by atoms with Crippen LogP contribution in [0.25, 0.3) is 0 Å². The molecule has 30 heavy (non-hydrogen) atoms. The van der Waals surface area contributed by atoms with E-state index in [0.717, 1.165) is 64.0 Å². The third-order valence-electron chi connectivity index (χ3n) is 5.18. The highest BCUT2D eigenvalue weighted by atomic mass is 127. The second kappa shape index (κ2) is 12.7. The maximum Gasteiger partial charge on any atom is 0.194 e. The standard InChI is InChI=1S/C22H33N7.HI/c1-4-9-23-22(24-10-11-29-18-25-26-21(29)5-2)28-14-12-27(13-15-28)17-20-8-6-7-19(3)16-20;/h4,6-8,16,18H,1,5,9-15,17H2,2-3H3,(H,23,24);1H. The highest BCUT2D eigenvalue weighted by Crippen LogP contribution is 2.10. The number of benzene rings is 1. The second-order valence-corrected chi connectivity index (χ2v) is 7.42.